The quantitative estimate of drug-likeness (QED) is 0.344. The van der Waals surface area contributed by atoms with Gasteiger partial charge < -0.3 is 22.1 Å². The fourth-order valence-corrected chi connectivity index (χ4v) is 3.81. The molecular formula is C19H40BN3OPY-. The van der Waals surface area contributed by atoms with Crippen molar-refractivity contribution >= 4 is 23.0 Å². The summed E-state index contributed by atoms with van der Waals surface area (Å²) in [7, 11) is 12.9. The second-order valence-electron chi connectivity index (χ2n) is 7.62. The van der Waals surface area contributed by atoms with E-state index < -0.39 is 0 Å². The van der Waals surface area contributed by atoms with E-state index in [0.717, 1.165) is 58.4 Å². The molecule has 3 heterocycles. The molecule has 7 heteroatoms. The third kappa shape index (κ3) is 9.96. The van der Waals surface area contributed by atoms with Crippen molar-refractivity contribution in [3.8, 4) is 0 Å². The van der Waals surface area contributed by atoms with Crippen LogP contribution in [0.3, 0.4) is 0 Å². The Labute approximate surface area is 192 Å². The van der Waals surface area contributed by atoms with Crippen LogP contribution in [0, 0.1) is 7.43 Å². The SMILES string of the molecule is C.CN1CCC(N2CCCCC2=O)CC1.[B]C1(P)CCN(C)CC1.[CH3-].[Y]. The summed E-state index contributed by atoms with van der Waals surface area (Å²) in [5.41, 5.74) is 0. The van der Waals surface area contributed by atoms with Gasteiger partial charge in [-0.15, -0.1) is 9.24 Å². The largest absolute Gasteiger partial charge is 0.358 e. The normalized spacial score (nSPS) is 24.3. The summed E-state index contributed by atoms with van der Waals surface area (Å²) in [5, 5.41) is 0.0342. The molecule has 1 amide bonds. The van der Waals surface area contributed by atoms with E-state index in [4.69, 9.17) is 7.85 Å². The Balaban J connectivity index is 0. The van der Waals surface area contributed by atoms with Crippen LogP contribution in [0.15, 0.2) is 0 Å². The maximum atomic E-state index is 11.7. The first-order chi connectivity index (χ1) is 10.9. The number of hydrogen-bond acceptors (Lipinski definition) is 3. The molecule has 3 saturated heterocycles. The molecule has 3 aliphatic rings. The molecule has 3 radical (unpaired) electrons. The second-order valence-corrected chi connectivity index (χ2v) is 8.76. The van der Waals surface area contributed by atoms with Crippen molar-refractivity contribution in [2.75, 3.05) is 46.8 Å². The molecule has 0 N–H and O–H groups in total. The van der Waals surface area contributed by atoms with Crippen LogP contribution in [0.1, 0.15) is 52.4 Å². The fraction of sp³-hybridized carbons (Fsp3) is 0.895. The molecule has 1 atom stereocenters. The van der Waals surface area contributed by atoms with Crippen LogP contribution in [0.5, 0.6) is 0 Å². The van der Waals surface area contributed by atoms with Crippen LogP contribution in [-0.4, -0.2) is 86.4 Å². The van der Waals surface area contributed by atoms with Gasteiger partial charge >= 0.3 is 0 Å². The van der Waals surface area contributed by atoms with E-state index in [2.05, 4.69) is 38.0 Å². The first kappa shape index (κ1) is 29.2. The molecule has 26 heavy (non-hydrogen) atoms. The average Bonchev–Trinajstić information content (AvgIpc) is 2.53. The molecule has 0 aromatic carbocycles. The molecule has 0 aromatic rings. The Morgan fingerprint density at radius 3 is 1.96 bits per heavy atom. The topological polar surface area (TPSA) is 26.8 Å². The van der Waals surface area contributed by atoms with E-state index >= 15 is 0 Å². The van der Waals surface area contributed by atoms with Gasteiger partial charge in [0, 0.05) is 51.7 Å². The Bertz CT molecular complexity index is 383. The maximum absolute atomic E-state index is 11.7. The molecule has 0 bridgehead atoms. The summed E-state index contributed by atoms with van der Waals surface area (Å²) >= 11 is 0. The van der Waals surface area contributed by atoms with Crippen LogP contribution >= 0.6 is 9.24 Å². The monoisotopic (exact) mass is 457 g/mol. The maximum Gasteiger partial charge on any atom is 0.222 e. The molecule has 0 aliphatic carbocycles. The molecule has 1 unspecified atom stereocenters. The van der Waals surface area contributed by atoms with Crippen LogP contribution < -0.4 is 0 Å². The zero-order valence-electron chi connectivity index (χ0n) is 16.5. The van der Waals surface area contributed by atoms with Crippen molar-refractivity contribution in [3.63, 3.8) is 0 Å². The molecule has 0 spiro atoms. The predicted molar refractivity (Wildman–Crippen MR) is 114 cm³/mol. The molecule has 3 fully saturated rings. The molecule has 4 nitrogen and oxygen atoms in total. The summed E-state index contributed by atoms with van der Waals surface area (Å²) in [6.45, 7) is 5.58. The zero-order chi connectivity index (χ0) is 16.9. The molecule has 0 saturated carbocycles. The number of amides is 1. The third-order valence-corrected chi connectivity index (χ3v) is 5.98. The van der Waals surface area contributed by atoms with E-state index in [1.807, 2.05) is 0 Å². The number of hydrogen-bond donors (Lipinski definition) is 0. The van der Waals surface area contributed by atoms with E-state index in [1.54, 1.807) is 0 Å². The number of nitrogens with zero attached hydrogens (tertiary/aromatic N) is 3. The zero-order valence-corrected chi connectivity index (χ0v) is 20.5. The summed E-state index contributed by atoms with van der Waals surface area (Å²) in [6, 6.07) is 0.541. The first-order valence-electron chi connectivity index (χ1n) is 9.12. The van der Waals surface area contributed by atoms with E-state index in [0.29, 0.717) is 11.9 Å². The molecule has 0 aromatic heterocycles. The van der Waals surface area contributed by atoms with E-state index in [9.17, 15) is 4.79 Å². The van der Waals surface area contributed by atoms with Gasteiger partial charge in [0.1, 0.15) is 0 Å². The van der Waals surface area contributed by atoms with Crippen LogP contribution in [-0.2, 0) is 37.5 Å². The van der Waals surface area contributed by atoms with Gasteiger partial charge in [-0.2, -0.15) is 0 Å². The smallest absolute Gasteiger partial charge is 0.222 e. The Morgan fingerprint density at radius 2 is 1.50 bits per heavy atom. The van der Waals surface area contributed by atoms with Crippen molar-refractivity contribution in [3.05, 3.63) is 7.43 Å². The summed E-state index contributed by atoms with van der Waals surface area (Å²) in [5.74, 6) is 0.394. The standard InChI is InChI=1S/C11H20N2O.C6H13BNP.CH4.CH3.Y/c1-12-8-5-10(6-9-12)13-7-3-2-4-11(13)14;1-8-4-2-6(7,9)3-5-8;;;/h10H,2-9H2,1H3;2-5,9H2,1H3;1H4;1H3;/q;;;-1;. The van der Waals surface area contributed by atoms with Gasteiger partial charge in [-0.25, -0.2) is 0 Å². The van der Waals surface area contributed by atoms with Gasteiger partial charge in [-0.05, 0) is 83.9 Å². The fourth-order valence-electron chi connectivity index (χ4n) is 3.55. The van der Waals surface area contributed by atoms with E-state index in [1.165, 1.54) is 19.3 Å². The third-order valence-electron chi connectivity index (χ3n) is 5.41. The van der Waals surface area contributed by atoms with Crippen molar-refractivity contribution in [1.82, 2.24) is 14.7 Å². The number of carbonyl (C=O) groups excluding carboxylic acids is 1. The van der Waals surface area contributed by atoms with Gasteiger partial charge in [-0.3, -0.25) is 4.79 Å². The van der Waals surface area contributed by atoms with Gasteiger partial charge in [-0.1, -0.05) is 7.43 Å². The Hall–Kier alpha value is 0.989. The first-order valence-corrected chi connectivity index (χ1v) is 9.69. The second kappa shape index (κ2) is 14.0. The molecule has 149 valence electrons. The molecule has 3 rings (SSSR count). The van der Waals surface area contributed by atoms with Gasteiger partial charge in [0.15, 0.2) is 0 Å². The minimum absolute atomic E-state index is 0. The molecule has 3 aliphatic heterocycles. The summed E-state index contributed by atoms with van der Waals surface area (Å²) in [6.07, 6.45) is 7.64. The summed E-state index contributed by atoms with van der Waals surface area (Å²) < 4.78 is 0. The minimum Gasteiger partial charge on any atom is -0.358 e. The van der Waals surface area contributed by atoms with E-state index in [-0.39, 0.29) is 52.6 Å². The summed E-state index contributed by atoms with van der Waals surface area (Å²) in [4.78, 5) is 18.5. The van der Waals surface area contributed by atoms with Crippen LogP contribution in [0.4, 0.5) is 0 Å². The van der Waals surface area contributed by atoms with Crippen LogP contribution in [0.25, 0.3) is 0 Å². The number of rotatable bonds is 1. The van der Waals surface area contributed by atoms with Crippen LogP contribution in [0.2, 0.25) is 0 Å². The predicted octanol–water partition coefficient (Wildman–Crippen LogP) is 2.63. The Morgan fingerprint density at radius 1 is 1.00 bits per heavy atom. The van der Waals surface area contributed by atoms with Crippen molar-refractivity contribution < 1.29 is 37.5 Å². The number of likely N-dealkylation sites (tertiary alicyclic amines) is 3. The number of carbonyl (C=O) groups is 1. The van der Waals surface area contributed by atoms with Crippen molar-refractivity contribution in [2.24, 2.45) is 0 Å². The number of piperidine rings is 3. The Kier molecular flexibility index (Phi) is 15.8. The van der Waals surface area contributed by atoms with Gasteiger partial charge in [0.05, 0.1) is 7.85 Å². The van der Waals surface area contributed by atoms with Crippen molar-refractivity contribution in [1.29, 1.82) is 0 Å². The van der Waals surface area contributed by atoms with Crippen molar-refractivity contribution in [2.45, 2.75) is 63.5 Å². The van der Waals surface area contributed by atoms with Gasteiger partial charge in [0.25, 0.3) is 0 Å². The minimum atomic E-state index is 0. The van der Waals surface area contributed by atoms with Gasteiger partial charge in [0.2, 0.25) is 5.91 Å². The average molecular weight is 457 g/mol. The molecular weight excluding hydrogens is 417 g/mol.